The summed E-state index contributed by atoms with van der Waals surface area (Å²) in [5.41, 5.74) is 1.24. The fourth-order valence-corrected chi connectivity index (χ4v) is 6.55. The molecule has 1 heterocycles. The summed E-state index contributed by atoms with van der Waals surface area (Å²) < 4.78 is 17.0. The summed E-state index contributed by atoms with van der Waals surface area (Å²) in [4.78, 5) is 13.6. The molecule has 0 bridgehead atoms. The largest absolute Gasteiger partial charge is 0.381 e. The topological polar surface area (TPSA) is 60.4 Å². The molecular formula is C25H42N2O4. The number of carbonyl (C=O) groups excluding carboxylic acids is 1. The van der Waals surface area contributed by atoms with Crippen LogP contribution >= 0.6 is 0 Å². The third-order valence-electron chi connectivity index (χ3n) is 8.55. The molecule has 6 heteroatoms. The minimum atomic E-state index is 0.116. The van der Waals surface area contributed by atoms with E-state index in [1.807, 2.05) is 12.1 Å². The Labute approximate surface area is 188 Å². The maximum Gasteiger partial charge on any atom is 0.246 e. The Morgan fingerprint density at radius 3 is 2.19 bits per heavy atom. The van der Waals surface area contributed by atoms with Gasteiger partial charge in [-0.2, -0.15) is 5.10 Å². The molecule has 3 aliphatic carbocycles. The molecule has 31 heavy (non-hydrogen) atoms. The Morgan fingerprint density at radius 1 is 0.839 bits per heavy atom. The maximum absolute atomic E-state index is 13.6. The molecule has 6 nitrogen and oxygen atoms in total. The summed E-state index contributed by atoms with van der Waals surface area (Å²) in [5.74, 6) is 1.40. The molecule has 4 aliphatic rings. The van der Waals surface area contributed by atoms with Crippen LogP contribution in [0.2, 0.25) is 0 Å². The van der Waals surface area contributed by atoms with E-state index in [1.165, 1.54) is 25.0 Å². The van der Waals surface area contributed by atoms with E-state index < -0.39 is 0 Å². The quantitative estimate of drug-likeness (QED) is 0.615. The highest BCUT2D eigenvalue weighted by Gasteiger charge is 2.43. The van der Waals surface area contributed by atoms with Crippen LogP contribution in [0.15, 0.2) is 5.10 Å². The number of hydrogen-bond acceptors (Lipinski definition) is 5. The van der Waals surface area contributed by atoms with Gasteiger partial charge in [-0.05, 0) is 63.7 Å². The molecule has 4 rings (SSSR count). The zero-order valence-electron chi connectivity index (χ0n) is 19.8. The average molecular weight is 435 g/mol. The smallest absolute Gasteiger partial charge is 0.246 e. The Kier molecular flexibility index (Phi) is 8.05. The first-order chi connectivity index (χ1) is 15.1. The lowest BCUT2D eigenvalue weighted by Crippen LogP contribution is -2.43. The van der Waals surface area contributed by atoms with Gasteiger partial charge in [-0.1, -0.05) is 19.3 Å². The van der Waals surface area contributed by atoms with Crippen molar-refractivity contribution < 1.29 is 19.0 Å². The molecule has 4 unspecified atom stereocenters. The second kappa shape index (κ2) is 10.8. The first-order valence-electron chi connectivity index (χ1n) is 12.6. The van der Waals surface area contributed by atoms with Gasteiger partial charge >= 0.3 is 0 Å². The van der Waals surface area contributed by atoms with Gasteiger partial charge in [0.2, 0.25) is 5.91 Å². The summed E-state index contributed by atoms with van der Waals surface area (Å²) >= 11 is 0. The molecular weight excluding hydrogens is 392 g/mol. The van der Waals surface area contributed by atoms with E-state index in [2.05, 4.69) is 0 Å². The molecule has 0 aromatic heterocycles. The van der Waals surface area contributed by atoms with Gasteiger partial charge in [0.05, 0.1) is 24.4 Å². The van der Waals surface area contributed by atoms with E-state index in [-0.39, 0.29) is 24.2 Å². The van der Waals surface area contributed by atoms with E-state index in [1.54, 1.807) is 14.2 Å². The predicted octanol–water partition coefficient (Wildman–Crippen LogP) is 4.56. The van der Waals surface area contributed by atoms with Crippen molar-refractivity contribution in [3.8, 4) is 0 Å². The number of amides is 1. The van der Waals surface area contributed by atoms with Crippen molar-refractivity contribution in [3.05, 3.63) is 0 Å². The van der Waals surface area contributed by atoms with Crippen LogP contribution in [0.25, 0.3) is 0 Å². The number of ether oxygens (including phenoxy) is 3. The Bertz CT molecular complexity index is 625. The number of hydrogen-bond donors (Lipinski definition) is 0. The van der Waals surface area contributed by atoms with Crippen molar-refractivity contribution in [2.24, 2.45) is 22.9 Å². The van der Waals surface area contributed by atoms with Crippen LogP contribution in [-0.2, 0) is 19.0 Å². The van der Waals surface area contributed by atoms with Crippen LogP contribution in [-0.4, -0.2) is 62.3 Å². The molecule has 176 valence electrons. The highest BCUT2D eigenvalue weighted by atomic mass is 16.5. The fourth-order valence-electron chi connectivity index (χ4n) is 6.55. The molecule has 0 radical (unpaired) electrons. The fraction of sp³-hybridized carbons (Fsp3) is 0.920. The third kappa shape index (κ3) is 5.17. The van der Waals surface area contributed by atoms with Crippen molar-refractivity contribution in [3.63, 3.8) is 0 Å². The van der Waals surface area contributed by atoms with Crippen molar-refractivity contribution >= 4 is 11.6 Å². The van der Waals surface area contributed by atoms with Gasteiger partial charge in [-0.3, -0.25) is 4.79 Å². The van der Waals surface area contributed by atoms with Crippen molar-refractivity contribution in [1.29, 1.82) is 0 Å². The average Bonchev–Trinajstić information content (AvgIpc) is 3.29. The van der Waals surface area contributed by atoms with Crippen molar-refractivity contribution in [2.45, 2.75) is 108 Å². The standard InChI is InChI=1S/C25H42N2O4/c1-29-20-12-9-17(10-13-20)22-16-21(19-11-14-23(30-2)24(15-19)31-3)26-27(22)25(28)18-7-5-4-6-8-18/h17-20,22-24H,4-16H2,1-3H3. The van der Waals surface area contributed by atoms with E-state index >= 15 is 0 Å². The lowest BCUT2D eigenvalue weighted by molar-refractivity contribution is -0.139. The first kappa shape index (κ1) is 23.2. The molecule has 1 aliphatic heterocycles. The van der Waals surface area contributed by atoms with Crippen molar-refractivity contribution in [1.82, 2.24) is 5.01 Å². The normalized spacial score (nSPS) is 37.6. The molecule has 0 N–H and O–H groups in total. The van der Waals surface area contributed by atoms with Gasteiger partial charge in [-0.25, -0.2) is 5.01 Å². The zero-order chi connectivity index (χ0) is 21.8. The van der Waals surface area contributed by atoms with Crippen molar-refractivity contribution in [2.75, 3.05) is 21.3 Å². The van der Waals surface area contributed by atoms with E-state index in [0.717, 1.165) is 64.2 Å². The summed E-state index contributed by atoms with van der Waals surface area (Å²) in [6.07, 6.45) is 14.8. The van der Waals surface area contributed by atoms with E-state index in [9.17, 15) is 4.79 Å². The number of methoxy groups -OCH3 is 3. The SMILES string of the molecule is COC1CCC(C2CC(C3CCC(OC)C(OC)C3)=NN2C(=O)C2CCCCC2)CC1. The van der Waals surface area contributed by atoms with Gasteiger partial charge in [0.25, 0.3) is 0 Å². The Morgan fingerprint density at radius 2 is 1.55 bits per heavy atom. The summed E-state index contributed by atoms with van der Waals surface area (Å²) in [6, 6.07) is 0.239. The minimum Gasteiger partial charge on any atom is -0.381 e. The Balaban J connectivity index is 1.49. The monoisotopic (exact) mass is 434 g/mol. The first-order valence-corrected chi connectivity index (χ1v) is 12.6. The van der Waals surface area contributed by atoms with E-state index in [4.69, 9.17) is 19.3 Å². The highest BCUT2D eigenvalue weighted by molar-refractivity contribution is 5.92. The number of hydrazone groups is 1. The van der Waals surface area contributed by atoms with Crippen LogP contribution in [0.4, 0.5) is 0 Å². The lowest BCUT2D eigenvalue weighted by Gasteiger charge is -2.36. The summed E-state index contributed by atoms with van der Waals surface area (Å²) in [7, 11) is 5.38. The second-order valence-corrected chi connectivity index (χ2v) is 10.2. The highest BCUT2D eigenvalue weighted by Crippen LogP contribution is 2.40. The van der Waals surface area contributed by atoms with Gasteiger partial charge < -0.3 is 14.2 Å². The van der Waals surface area contributed by atoms with Gasteiger partial charge in [0.1, 0.15) is 0 Å². The second-order valence-electron chi connectivity index (χ2n) is 10.2. The molecule has 3 saturated carbocycles. The molecule has 3 fully saturated rings. The zero-order valence-corrected chi connectivity index (χ0v) is 19.8. The number of rotatable bonds is 6. The predicted molar refractivity (Wildman–Crippen MR) is 121 cm³/mol. The Hall–Kier alpha value is -0.980. The molecule has 1 amide bonds. The van der Waals surface area contributed by atoms with Crippen LogP contribution in [0.1, 0.15) is 83.5 Å². The van der Waals surface area contributed by atoms with E-state index in [0.29, 0.717) is 23.8 Å². The van der Waals surface area contributed by atoms with Crippen LogP contribution in [0.5, 0.6) is 0 Å². The number of nitrogens with zero attached hydrogens (tertiary/aromatic N) is 2. The van der Waals surface area contributed by atoms with Crippen LogP contribution in [0, 0.1) is 17.8 Å². The van der Waals surface area contributed by atoms with Gasteiger partial charge in [0.15, 0.2) is 0 Å². The van der Waals surface area contributed by atoms with Gasteiger partial charge in [0, 0.05) is 45.3 Å². The van der Waals surface area contributed by atoms with Crippen LogP contribution in [0.3, 0.4) is 0 Å². The maximum atomic E-state index is 13.6. The molecule has 4 atom stereocenters. The minimum absolute atomic E-state index is 0.116. The van der Waals surface area contributed by atoms with Crippen LogP contribution < -0.4 is 0 Å². The lowest BCUT2D eigenvalue weighted by atomic mass is 9.77. The summed E-state index contributed by atoms with van der Waals surface area (Å²) in [6.45, 7) is 0. The molecule has 0 spiro atoms. The molecule has 0 saturated heterocycles. The summed E-state index contributed by atoms with van der Waals surface area (Å²) in [5, 5.41) is 7.04. The third-order valence-corrected chi connectivity index (χ3v) is 8.55. The molecule has 0 aromatic rings. The number of carbonyl (C=O) groups is 1. The molecule has 0 aromatic carbocycles. The van der Waals surface area contributed by atoms with Gasteiger partial charge in [-0.15, -0.1) is 0 Å².